The SMILES string of the molecule is NCCOCCNC(=O)C#Cc1ccc(Cc2nc(C=O)n[nH]2)cc1. The first kappa shape index (κ1) is 18.3. The van der Waals surface area contributed by atoms with E-state index in [1.165, 1.54) is 0 Å². The van der Waals surface area contributed by atoms with Gasteiger partial charge in [-0.25, -0.2) is 4.98 Å². The minimum atomic E-state index is -0.358. The summed E-state index contributed by atoms with van der Waals surface area (Å²) in [5.41, 5.74) is 7.00. The van der Waals surface area contributed by atoms with Crippen LogP contribution in [0.2, 0.25) is 0 Å². The van der Waals surface area contributed by atoms with Gasteiger partial charge in [-0.05, 0) is 17.7 Å². The average molecular weight is 341 g/mol. The average Bonchev–Trinajstić information content (AvgIpc) is 3.08. The number of aldehydes is 1. The Morgan fingerprint density at radius 3 is 2.80 bits per heavy atom. The van der Waals surface area contributed by atoms with E-state index in [1.807, 2.05) is 24.3 Å². The fourth-order valence-corrected chi connectivity index (χ4v) is 1.94. The fourth-order valence-electron chi connectivity index (χ4n) is 1.94. The summed E-state index contributed by atoms with van der Waals surface area (Å²) in [6, 6.07) is 7.39. The maximum absolute atomic E-state index is 11.6. The van der Waals surface area contributed by atoms with E-state index in [0.717, 1.165) is 11.1 Å². The maximum Gasteiger partial charge on any atom is 0.296 e. The molecule has 0 spiro atoms. The number of hydrogen-bond acceptors (Lipinski definition) is 6. The number of nitrogens with one attached hydrogen (secondary N) is 2. The highest BCUT2D eigenvalue weighted by Gasteiger charge is 2.03. The minimum absolute atomic E-state index is 0.136. The van der Waals surface area contributed by atoms with Crippen LogP contribution in [0.5, 0.6) is 0 Å². The molecule has 0 aliphatic rings. The molecule has 1 amide bonds. The predicted octanol–water partition coefficient (Wildman–Crippen LogP) is -0.349. The molecule has 2 aromatic rings. The smallest absolute Gasteiger partial charge is 0.296 e. The summed E-state index contributed by atoms with van der Waals surface area (Å²) in [5, 5.41) is 9.09. The quantitative estimate of drug-likeness (QED) is 0.343. The summed E-state index contributed by atoms with van der Waals surface area (Å²) in [4.78, 5) is 26.1. The van der Waals surface area contributed by atoms with Crippen LogP contribution in [-0.2, 0) is 16.0 Å². The van der Waals surface area contributed by atoms with Gasteiger partial charge in [0.05, 0.1) is 13.2 Å². The van der Waals surface area contributed by atoms with Crippen molar-refractivity contribution in [1.29, 1.82) is 0 Å². The molecule has 25 heavy (non-hydrogen) atoms. The van der Waals surface area contributed by atoms with Crippen LogP contribution in [0.4, 0.5) is 0 Å². The predicted molar refractivity (Wildman–Crippen MR) is 90.8 cm³/mol. The molecule has 130 valence electrons. The Morgan fingerprint density at radius 1 is 1.32 bits per heavy atom. The molecule has 0 atom stereocenters. The number of carbonyl (C=O) groups is 2. The van der Waals surface area contributed by atoms with E-state index in [4.69, 9.17) is 10.5 Å². The Morgan fingerprint density at radius 2 is 2.12 bits per heavy atom. The Hall–Kier alpha value is -3.02. The van der Waals surface area contributed by atoms with Crippen molar-refractivity contribution in [1.82, 2.24) is 20.5 Å². The number of H-pyrrole nitrogens is 1. The first-order valence-electron chi connectivity index (χ1n) is 7.74. The number of aromatic amines is 1. The van der Waals surface area contributed by atoms with Gasteiger partial charge in [0.15, 0.2) is 6.29 Å². The molecule has 0 saturated heterocycles. The van der Waals surface area contributed by atoms with Crippen LogP contribution in [0.15, 0.2) is 24.3 Å². The largest absolute Gasteiger partial charge is 0.378 e. The first-order valence-corrected chi connectivity index (χ1v) is 7.74. The van der Waals surface area contributed by atoms with Crippen molar-refractivity contribution >= 4 is 12.2 Å². The Labute approximate surface area is 145 Å². The summed E-state index contributed by atoms with van der Waals surface area (Å²) in [6.45, 7) is 1.73. The highest BCUT2D eigenvalue weighted by atomic mass is 16.5. The second kappa shape index (κ2) is 9.97. The van der Waals surface area contributed by atoms with Crippen LogP contribution in [0.25, 0.3) is 0 Å². The molecule has 8 heteroatoms. The molecule has 4 N–H and O–H groups in total. The van der Waals surface area contributed by atoms with Crippen LogP contribution >= 0.6 is 0 Å². The van der Waals surface area contributed by atoms with Crippen LogP contribution in [-0.4, -0.2) is 53.7 Å². The number of nitrogens with zero attached hydrogens (tertiary/aromatic N) is 2. The number of rotatable bonds is 8. The highest BCUT2D eigenvalue weighted by Crippen LogP contribution is 2.07. The van der Waals surface area contributed by atoms with E-state index in [2.05, 4.69) is 32.3 Å². The lowest BCUT2D eigenvalue weighted by Crippen LogP contribution is -2.26. The van der Waals surface area contributed by atoms with Crippen molar-refractivity contribution in [2.24, 2.45) is 5.73 Å². The van der Waals surface area contributed by atoms with E-state index in [0.29, 0.717) is 44.8 Å². The van der Waals surface area contributed by atoms with E-state index < -0.39 is 0 Å². The zero-order chi connectivity index (χ0) is 17.9. The third-order valence-electron chi connectivity index (χ3n) is 3.09. The topological polar surface area (TPSA) is 123 Å². The normalized spacial score (nSPS) is 9.96. The third-order valence-corrected chi connectivity index (χ3v) is 3.09. The molecule has 0 unspecified atom stereocenters. The Bertz CT molecular complexity index is 759. The van der Waals surface area contributed by atoms with Crippen molar-refractivity contribution < 1.29 is 14.3 Å². The summed E-state index contributed by atoms with van der Waals surface area (Å²) in [6.07, 6.45) is 1.12. The molecule has 1 heterocycles. The lowest BCUT2D eigenvalue weighted by Gasteiger charge is -2.01. The van der Waals surface area contributed by atoms with Gasteiger partial charge in [0.1, 0.15) is 5.82 Å². The van der Waals surface area contributed by atoms with Crippen LogP contribution in [0.1, 0.15) is 27.6 Å². The van der Waals surface area contributed by atoms with Gasteiger partial charge in [-0.15, -0.1) is 0 Å². The van der Waals surface area contributed by atoms with Crippen LogP contribution < -0.4 is 11.1 Å². The van der Waals surface area contributed by atoms with Gasteiger partial charge in [-0.3, -0.25) is 14.7 Å². The molecule has 0 bridgehead atoms. The molecule has 1 aromatic carbocycles. The van der Waals surface area contributed by atoms with Crippen molar-refractivity contribution in [2.75, 3.05) is 26.3 Å². The van der Waals surface area contributed by atoms with E-state index in [1.54, 1.807) is 0 Å². The molecule has 0 fully saturated rings. The fraction of sp³-hybridized carbons (Fsp3) is 0.294. The zero-order valence-electron chi connectivity index (χ0n) is 13.6. The summed E-state index contributed by atoms with van der Waals surface area (Å²) < 4.78 is 5.15. The van der Waals surface area contributed by atoms with Gasteiger partial charge in [0.25, 0.3) is 5.91 Å². The Balaban J connectivity index is 1.81. The van der Waals surface area contributed by atoms with E-state index >= 15 is 0 Å². The van der Waals surface area contributed by atoms with Crippen LogP contribution in [0, 0.1) is 11.8 Å². The van der Waals surface area contributed by atoms with E-state index in [9.17, 15) is 9.59 Å². The van der Waals surface area contributed by atoms with Gasteiger partial charge < -0.3 is 15.8 Å². The number of hydrogen-bond donors (Lipinski definition) is 3. The number of ether oxygens (including phenoxy) is 1. The van der Waals surface area contributed by atoms with Crippen molar-refractivity contribution in [3.05, 3.63) is 47.0 Å². The standard InChI is InChI=1S/C17H19N5O3/c18-7-9-25-10-8-19-17(24)6-5-13-1-3-14(4-2-13)11-15-20-16(12-23)22-21-15/h1-4,12H,7-11,18H2,(H,19,24)(H,20,21,22). The van der Waals surface area contributed by atoms with Gasteiger partial charge in [-0.2, -0.15) is 5.10 Å². The molecule has 0 aliphatic carbocycles. The van der Waals surface area contributed by atoms with Gasteiger partial charge in [0.2, 0.25) is 5.82 Å². The number of aromatic nitrogens is 3. The number of nitrogens with two attached hydrogens (primary N) is 1. The first-order chi connectivity index (χ1) is 12.2. The second-order valence-electron chi connectivity index (χ2n) is 5.04. The van der Waals surface area contributed by atoms with Gasteiger partial charge in [-0.1, -0.05) is 18.1 Å². The minimum Gasteiger partial charge on any atom is -0.378 e. The molecule has 1 aromatic heterocycles. The van der Waals surface area contributed by atoms with Crippen molar-refractivity contribution in [3.63, 3.8) is 0 Å². The number of benzene rings is 1. The monoisotopic (exact) mass is 341 g/mol. The molecule has 2 rings (SSSR count). The molecule has 0 saturated carbocycles. The van der Waals surface area contributed by atoms with Crippen molar-refractivity contribution in [2.45, 2.75) is 6.42 Å². The summed E-state index contributed by atoms with van der Waals surface area (Å²) in [5.74, 6) is 5.70. The lowest BCUT2D eigenvalue weighted by molar-refractivity contribution is -0.115. The second-order valence-corrected chi connectivity index (χ2v) is 5.04. The molecule has 0 radical (unpaired) electrons. The number of carbonyl (C=O) groups excluding carboxylic acids is 2. The Kier molecular flexibility index (Phi) is 7.31. The lowest BCUT2D eigenvalue weighted by atomic mass is 10.1. The molecular formula is C17H19N5O3. The summed E-state index contributed by atoms with van der Waals surface area (Å²) in [7, 11) is 0. The van der Waals surface area contributed by atoms with Crippen molar-refractivity contribution in [3.8, 4) is 11.8 Å². The molecular weight excluding hydrogens is 322 g/mol. The van der Waals surface area contributed by atoms with Crippen LogP contribution in [0.3, 0.4) is 0 Å². The summed E-state index contributed by atoms with van der Waals surface area (Å²) >= 11 is 0. The molecule has 0 aliphatic heterocycles. The van der Waals surface area contributed by atoms with Gasteiger partial charge in [0, 0.05) is 31.0 Å². The zero-order valence-corrected chi connectivity index (χ0v) is 13.6. The van der Waals surface area contributed by atoms with Gasteiger partial charge >= 0.3 is 0 Å². The molecule has 8 nitrogen and oxygen atoms in total. The number of amides is 1. The van der Waals surface area contributed by atoms with E-state index in [-0.39, 0.29) is 11.7 Å². The third kappa shape index (κ3) is 6.55. The highest BCUT2D eigenvalue weighted by molar-refractivity contribution is 5.94. The maximum atomic E-state index is 11.6.